The maximum Gasteiger partial charge on any atom is 0.502 e. The molecule has 0 atom stereocenters. The van der Waals surface area contributed by atoms with E-state index >= 15 is 0 Å². The molecule has 0 bridgehead atoms. The van der Waals surface area contributed by atoms with E-state index in [4.69, 9.17) is 0 Å². The van der Waals surface area contributed by atoms with Crippen molar-refractivity contribution in [3.8, 4) is 0 Å². The highest BCUT2D eigenvalue weighted by Crippen LogP contribution is 2.18. The average Bonchev–Trinajstić information content (AvgIpc) is 2.07. The molecule has 0 radical (unpaired) electrons. The molecule has 15 heavy (non-hydrogen) atoms. The number of hydrogen-bond donors (Lipinski definition) is 0. The van der Waals surface area contributed by atoms with E-state index in [1.54, 1.807) is 0 Å². The predicted octanol–water partition coefficient (Wildman–Crippen LogP) is 3.67. The Morgan fingerprint density at radius 3 is 2.27 bits per heavy atom. The van der Waals surface area contributed by atoms with Crippen molar-refractivity contribution in [2.24, 2.45) is 0 Å². The third kappa shape index (κ3) is 3.38. The quantitative estimate of drug-likeness (QED) is 0.527. The Kier molecular flexibility index (Phi) is 3.17. The second-order valence-corrected chi connectivity index (χ2v) is 3.11. The Balaban J connectivity index is 3.10. The van der Waals surface area contributed by atoms with Crippen molar-refractivity contribution in [2.75, 3.05) is 0 Å². The lowest BCUT2D eigenvalue weighted by Gasteiger charge is -2.07. The molecule has 0 saturated carbocycles. The van der Waals surface area contributed by atoms with Gasteiger partial charge in [-0.15, -0.1) is 5.98 Å². The number of hydrogen-bond acceptors (Lipinski definition) is 0. The van der Waals surface area contributed by atoms with Crippen molar-refractivity contribution in [2.45, 2.75) is 6.92 Å². The van der Waals surface area contributed by atoms with E-state index in [0.717, 1.165) is 12.1 Å². The zero-order valence-electron chi connectivity index (χ0n) is 7.78. The fraction of sp³-hybridized carbons (Fsp3) is 0.111. The number of rotatable bonds is 2. The van der Waals surface area contributed by atoms with E-state index in [1.165, 1.54) is 6.92 Å². The largest absolute Gasteiger partial charge is 0.502 e. The molecule has 0 spiro atoms. The molecule has 1 aromatic carbocycles. The van der Waals surface area contributed by atoms with Gasteiger partial charge in [-0.05, 0) is 24.6 Å². The van der Waals surface area contributed by atoms with E-state index in [2.05, 4.69) is 0 Å². The summed E-state index contributed by atoms with van der Waals surface area (Å²) in [6.07, 6.45) is 0.533. The van der Waals surface area contributed by atoms with Crippen LogP contribution in [0, 0.1) is 18.6 Å². The summed E-state index contributed by atoms with van der Waals surface area (Å²) in [6, 6.07) is 1.64. The third-order valence-corrected chi connectivity index (χ3v) is 1.74. The van der Waals surface area contributed by atoms with Crippen LogP contribution in [0.5, 0.6) is 0 Å². The molecule has 6 heteroatoms. The minimum atomic E-state index is -5.13. The third-order valence-electron chi connectivity index (χ3n) is 1.74. The fourth-order valence-electron chi connectivity index (χ4n) is 1.09. The van der Waals surface area contributed by atoms with Gasteiger partial charge in [-0.25, -0.2) is 8.78 Å². The Morgan fingerprint density at radius 2 is 1.73 bits per heavy atom. The first-order valence-corrected chi connectivity index (χ1v) is 4.14. The second-order valence-electron chi connectivity index (χ2n) is 3.11. The zero-order chi connectivity index (χ0) is 11.6. The molecule has 0 aliphatic carbocycles. The SMILES string of the molecule is Cc1cc(F)cc(/C=C/[B-](F)(F)F)c1F. The van der Waals surface area contributed by atoms with Crippen LogP contribution >= 0.6 is 0 Å². The molecule has 82 valence electrons. The summed E-state index contributed by atoms with van der Waals surface area (Å²) in [5.74, 6) is -1.67. The van der Waals surface area contributed by atoms with E-state index < -0.39 is 24.2 Å². The van der Waals surface area contributed by atoms with Crippen LogP contribution in [0.3, 0.4) is 0 Å². The molecule has 0 N–H and O–H groups in total. The molecule has 0 aliphatic rings. The monoisotopic (exact) mass is 221 g/mol. The normalized spacial score (nSPS) is 12.4. The summed E-state index contributed by atoms with van der Waals surface area (Å²) in [5, 5.41) is 0. The Labute approximate surface area is 83.5 Å². The van der Waals surface area contributed by atoms with Crippen LogP contribution in [0.1, 0.15) is 11.1 Å². The molecule has 0 aromatic heterocycles. The van der Waals surface area contributed by atoms with Crippen LogP contribution in [0.2, 0.25) is 0 Å². The summed E-state index contributed by atoms with van der Waals surface area (Å²) in [4.78, 5) is 0. The van der Waals surface area contributed by atoms with Crippen LogP contribution in [-0.4, -0.2) is 6.98 Å². The van der Waals surface area contributed by atoms with Gasteiger partial charge < -0.3 is 12.9 Å². The summed E-state index contributed by atoms with van der Waals surface area (Å²) in [5.41, 5.74) is -0.420. The van der Waals surface area contributed by atoms with Crippen molar-refractivity contribution >= 4 is 13.1 Å². The predicted molar refractivity (Wildman–Crippen MR) is 49.2 cm³/mol. The lowest BCUT2D eigenvalue weighted by molar-refractivity contribution is 0.499. The second kappa shape index (κ2) is 4.04. The number of halogens is 5. The van der Waals surface area contributed by atoms with Crippen molar-refractivity contribution in [3.63, 3.8) is 0 Å². The first kappa shape index (κ1) is 11.7. The Bertz CT molecular complexity index is 394. The number of aryl methyl sites for hydroxylation is 1. The molecule has 0 aliphatic heterocycles. The lowest BCUT2D eigenvalue weighted by atomic mass is 9.90. The standard InChI is InChI=1S/C9H7BF5/c1-6-4-8(11)5-7(9(6)12)2-3-10(13,14)15/h2-5H,1H3/q-1/b3-2+. The van der Waals surface area contributed by atoms with Crippen molar-refractivity contribution in [1.29, 1.82) is 0 Å². The Morgan fingerprint density at radius 1 is 1.13 bits per heavy atom. The average molecular weight is 221 g/mol. The summed E-state index contributed by atoms with van der Waals surface area (Å²) in [7, 11) is 0. The highest BCUT2D eigenvalue weighted by molar-refractivity contribution is 6.64. The molecule has 0 fully saturated rings. The first-order chi connectivity index (χ1) is 6.79. The van der Waals surface area contributed by atoms with Crippen molar-refractivity contribution in [1.82, 2.24) is 0 Å². The molecule has 0 amide bonds. The van der Waals surface area contributed by atoms with Crippen LogP contribution < -0.4 is 0 Å². The molecule has 1 aromatic rings. The maximum absolute atomic E-state index is 13.2. The first-order valence-electron chi connectivity index (χ1n) is 4.14. The molecular weight excluding hydrogens is 214 g/mol. The van der Waals surface area contributed by atoms with Gasteiger partial charge in [0.15, 0.2) is 0 Å². The van der Waals surface area contributed by atoms with E-state index in [-0.39, 0.29) is 11.5 Å². The summed E-state index contributed by atoms with van der Waals surface area (Å²) >= 11 is 0. The van der Waals surface area contributed by atoms with Gasteiger partial charge in [0, 0.05) is 5.56 Å². The highest BCUT2D eigenvalue weighted by atomic mass is 19.4. The summed E-state index contributed by atoms with van der Waals surface area (Å²) < 4.78 is 61.4. The smallest absolute Gasteiger partial charge is 0.445 e. The molecule has 0 unspecified atom stereocenters. The fourth-order valence-corrected chi connectivity index (χ4v) is 1.09. The molecule has 1 rings (SSSR count). The molecule has 0 saturated heterocycles. The topological polar surface area (TPSA) is 0 Å². The van der Waals surface area contributed by atoms with Crippen LogP contribution in [0.4, 0.5) is 21.7 Å². The zero-order valence-corrected chi connectivity index (χ0v) is 7.78. The van der Waals surface area contributed by atoms with Gasteiger partial charge in [-0.1, -0.05) is 6.08 Å². The van der Waals surface area contributed by atoms with E-state index in [1.807, 2.05) is 0 Å². The molecular formula is C9H7BF5-. The molecule has 0 heterocycles. The van der Waals surface area contributed by atoms with Gasteiger partial charge in [0.2, 0.25) is 0 Å². The molecule has 0 nitrogen and oxygen atoms in total. The van der Waals surface area contributed by atoms with Gasteiger partial charge in [-0.2, -0.15) is 0 Å². The minimum absolute atomic E-state index is 0.0238. The van der Waals surface area contributed by atoms with Crippen LogP contribution in [0.15, 0.2) is 18.1 Å². The maximum atomic E-state index is 13.2. The van der Waals surface area contributed by atoms with Crippen LogP contribution in [-0.2, 0) is 0 Å². The van der Waals surface area contributed by atoms with Gasteiger partial charge in [0.1, 0.15) is 11.6 Å². The lowest BCUT2D eigenvalue weighted by Crippen LogP contribution is -2.09. The number of benzene rings is 1. The van der Waals surface area contributed by atoms with E-state index in [9.17, 15) is 21.7 Å². The highest BCUT2D eigenvalue weighted by Gasteiger charge is 2.17. The van der Waals surface area contributed by atoms with Crippen LogP contribution in [0.25, 0.3) is 6.08 Å². The Hall–Kier alpha value is -1.33. The van der Waals surface area contributed by atoms with Gasteiger partial charge in [0.25, 0.3) is 0 Å². The van der Waals surface area contributed by atoms with Gasteiger partial charge in [-0.3, -0.25) is 0 Å². The van der Waals surface area contributed by atoms with Gasteiger partial charge >= 0.3 is 6.98 Å². The van der Waals surface area contributed by atoms with Crippen molar-refractivity contribution in [3.05, 3.63) is 40.9 Å². The summed E-state index contributed by atoms with van der Waals surface area (Å²) in [6.45, 7) is -3.85. The minimum Gasteiger partial charge on any atom is -0.445 e. The van der Waals surface area contributed by atoms with Gasteiger partial charge in [0.05, 0.1) is 0 Å². The van der Waals surface area contributed by atoms with Crippen molar-refractivity contribution < 1.29 is 21.7 Å². The van der Waals surface area contributed by atoms with E-state index in [0.29, 0.717) is 6.08 Å².